The van der Waals surface area contributed by atoms with Crippen molar-refractivity contribution >= 4 is 11.8 Å². The SMILES string of the molecule is COc1cc(C(N)=O)nc(-c2cc(-c3cc(C4(O)CCN(C)C4=O)on3)ccn2)c1. The number of primary amides is 1. The summed E-state index contributed by atoms with van der Waals surface area (Å²) in [7, 11) is 3.09. The van der Waals surface area contributed by atoms with Gasteiger partial charge in [0.15, 0.2) is 5.76 Å². The number of ether oxygens (including phenoxy) is 1. The van der Waals surface area contributed by atoms with Gasteiger partial charge in [0, 0.05) is 50.0 Å². The van der Waals surface area contributed by atoms with Crippen molar-refractivity contribution in [1.82, 2.24) is 20.0 Å². The monoisotopic (exact) mass is 409 g/mol. The van der Waals surface area contributed by atoms with E-state index in [1.807, 2.05) is 0 Å². The molecule has 30 heavy (non-hydrogen) atoms. The molecule has 1 atom stereocenters. The zero-order valence-corrected chi connectivity index (χ0v) is 16.3. The molecule has 1 unspecified atom stereocenters. The number of aromatic nitrogens is 3. The molecule has 10 nitrogen and oxygen atoms in total. The molecule has 3 N–H and O–H groups in total. The number of nitrogens with two attached hydrogens (primary N) is 1. The van der Waals surface area contributed by atoms with E-state index in [9.17, 15) is 14.7 Å². The average molecular weight is 409 g/mol. The molecule has 0 spiro atoms. The highest BCUT2D eigenvalue weighted by molar-refractivity contribution is 5.92. The molecule has 3 aromatic heterocycles. The number of nitrogens with zero attached hydrogens (tertiary/aromatic N) is 4. The summed E-state index contributed by atoms with van der Waals surface area (Å²) in [4.78, 5) is 33.8. The predicted molar refractivity (Wildman–Crippen MR) is 104 cm³/mol. The Morgan fingerprint density at radius 1 is 1.27 bits per heavy atom. The van der Waals surface area contributed by atoms with Crippen LogP contribution in [0, 0.1) is 0 Å². The van der Waals surface area contributed by atoms with Crippen molar-refractivity contribution in [2.45, 2.75) is 12.0 Å². The molecule has 1 fully saturated rings. The van der Waals surface area contributed by atoms with Gasteiger partial charge in [-0.1, -0.05) is 5.16 Å². The van der Waals surface area contributed by atoms with Gasteiger partial charge in [0.25, 0.3) is 11.8 Å². The summed E-state index contributed by atoms with van der Waals surface area (Å²) < 4.78 is 10.5. The van der Waals surface area contributed by atoms with Crippen LogP contribution in [-0.4, -0.2) is 57.6 Å². The minimum absolute atomic E-state index is 0.0476. The highest BCUT2D eigenvalue weighted by Gasteiger charge is 2.48. The van der Waals surface area contributed by atoms with Crippen molar-refractivity contribution in [1.29, 1.82) is 0 Å². The van der Waals surface area contributed by atoms with Gasteiger partial charge in [-0.2, -0.15) is 0 Å². The number of methoxy groups -OCH3 is 1. The average Bonchev–Trinajstić information content (AvgIpc) is 3.36. The third-order valence-corrected chi connectivity index (χ3v) is 5.03. The third kappa shape index (κ3) is 3.26. The van der Waals surface area contributed by atoms with Crippen LogP contribution in [0.3, 0.4) is 0 Å². The summed E-state index contributed by atoms with van der Waals surface area (Å²) in [6, 6.07) is 8.00. The van der Waals surface area contributed by atoms with Gasteiger partial charge in [-0.25, -0.2) is 4.98 Å². The molecule has 1 aliphatic heterocycles. The first-order valence-corrected chi connectivity index (χ1v) is 9.09. The fraction of sp³-hybridized carbons (Fsp3) is 0.250. The molecule has 10 heteroatoms. The summed E-state index contributed by atoms with van der Waals surface area (Å²) in [5.41, 5.74) is 5.56. The minimum Gasteiger partial charge on any atom is -0.497 e. The number of carbonyl (C=O) groups excluding carboxylic acids is 2. The quantitative estimate of drug-likeness (QED) is 0.634. The van der Waals surface area contributed by atoms with Crippen LogP contribution in [0.5, 0.6) is 5.75 Å². The van der Waals surface area contributed by atoms with E-state index in [0.29, 0.717) is 34.9 Å². The van der Waals surface area contributed by atoms with Crippen LogP contribution in [0.2, 0.25) is 0 Å². The van der Waals surface area contributed by atoms with E-state index in [4.69, 9.17) is 15.0 Å². The summed E-state index contributed by atoms with van der Waals surface area (Å²) >= 11 is 0. The number of amides is 2. The van der Waals surface area contributed by atoms with E-state index in [-0.39, 0.29) is 17.9 Å². The first-order valence-electron chi connectivity index (χ1n) is 9.09. The Morgan fingerprint density at radius 3 is 2.73 bits per heavy atom. The highest BCUT2D eigenvalue weighted by atomic mass is 16.5. The van der Waals surface area contributed by atoms with Crippen LogP contribution in [0.25, 0.3) is 22.6 Å². The maximum absolute atomic E-state index is 12.3. The first-order chi connectivity index (χ1) is 14.3. The van der Waals surface area contributed by atoms with E-state index in [2.05, 4.69) is 15.1 Å². The van der Waals surface area contributed by atoms with Crippen molar-refractivity contribution in [2.75, 3.05) is 20.7 Å². The van der Waals surface area contributed by atoms with Crippen molar-refractivity contribution in [3.05, 3.63) is 48.0 Å². The van der Waals surface area contributed by atoms with Crippen LogP contribution < -0.4 is 10.5 Å². The Hall–Kier alpha value is -3.79. The molecule has 0 saturated carbocycles. The van der Waals surface area contributed by atoms with Gasteiger partial charge in [-0.15, -0.1) is 0 Å². The van der Waals surface area contributed by atoms with Gasteiger partial charge in [-0.05, 0) is 12.1 Å². The molecular weight excluding hydrogens is 390 g/mol. The summed E-state index contributed by atoms with van der Waals surface area (Å²) in [5, 5.41) is 14.7. The van der Waals surface area contributed by atoms with Crippen LogP contribution in [0.1, 0.15) is 22.7 Å². The van der Waals surface area contributed by atoms with E-state index in [1.54, 1.807) is 31.4 Å². The van der Waals surface area contributed by atoms with E-state index in [1.165, 1.54) is 24.1 Å². The van der Waals surface area contributed by atoms with E-state index >= 15 is 0 Å². The lowest BCUT2D eigenvalue weighted by atomic mass is 9.98. The lowest BCUT2D eigenvalue weighted by molar-refractivity contribution is -0.144. The number of hydrogen-bond acceptors (Lipinski definition) is 8. The second-order valence-electron chi connectivity index (χ2n) is 6.98. The molecule has 0 bridgehead atoms. The lowest BCUT2D eigenvalue weighted by Crippen LogP contribution is -2.35. The summed E-state index contributed by atoms with van der Waals surface area (Å²) in [6.45, 7) is 0.425. The van der Waals surface area contributed by atoms with Gasteiger partial charge in [0.1, 0.15) is 17.1 Å². The van der Waals surface area contributed by atoms with Crippen LogP contribution in [-0.2, 0) is 10.4 Å². The van der Waals surface area contributed by atoms with Crippen LogP contribution >= 0.6 is 0 Å². The molecule has 4 rings (SSSR count). The standard InChI is InChI=1S/C20H19N5O5/c1-25-6-4-20(28,19(25)27)17-10-13(24-30-17)11-3-5-22-14(7-11)15-8-12(29-2)9-16(23-15)18(21)26/h3,5,7-10,28H,4,6H2,1-2H3,(H2,21,26). The second kappa shape index (κ2) is 7.23. The van der Waals surface area contributed by atoms with Crippen molar-refractivity contribution in [3.63, 3.8) is 0 Å². The van der Waals surface area contributed by atoms with Crippen LogP contribution in [0.4, 0.5) is 0 Å². The maximum atomic E-state index is 12.3. The van der Waals surface area contributed by atoms with E-state index in [0.717, 1.165) is 0 Å². The molecule has 0 aliphatic carbocycles. The number of likely N-dealkylation sites (tertiary alicyclic amines) is 1. The largest absolute Gasteiger partial charge is 0.497 e. The van der Waals surface area contributed by atoms with Crippen molar-refractivity contribution in [2.24, 2.45) is 5.73 Å². The maximum Gasteiger partial charge on any atom is 0.267 e. The summed E-state index contributed by atoms with van der Waals surface area (Å²) in [6.07, 6.45) is 1.77. The molecule has 1 aliphatic rings. The fourth-order valence-corrected chi connectivity index (χ4v) is 3.30. The van der Waals surface area contributed by atoms with Gasteiger partial charge in [-0.3, -0.25) is 14.6 Å². The summed E-state index contributed by atoms with van der Waals surface area (Å²) in [5.74, 6) is -0.622. The van der Waals surface area contributed by atoms with Crippen molar-refractivity contribution < 1.29 is 24.0 Å². The van der Waals surface area contributed by atoms with Gasteiger partial charge in [0.2, 0.25) is 5.60 Å². The Kier molecular flexibility index (Phi) is 4.70. The normalized spacial score (nSPS) is 18.6. The molecule has 2 amide bonds. The third-order valence-electron chi connectivity index (χ3n) is 5.03. The number of aliphatic hydroxyl groups is 1. The number of rotatable bonds is 5. The fourth-order valence-electron chi connectivity index (χ4n) is 3.30. The molecule has 0 aromatic carbocycles. The highest BCUT2D eigenvalue weighted by Crippen LogP contribution is 2.35. The minimum atomic E-state index is -1.72. The predicted octanol–water partition coefficient (Wildman–Crippen LogP) is 0.956. The number of carbonyl (C=O) groups is 2. The lowest BCUT2D eigenvalue weighted by Gasteiger charge is -2.16. The molecule has 154 valence electrons. The molecule has 1 saturated heterocycles. The van der Waals surface area contributed by atoms with Gasteiger partial charge < -0.3 is 25.0 Å². The molecule has 4 heterocycles. The smallest absolute Gasteiger partial charge is 0.267 e. The van der Waals surface area contributed by atoms with Gasteiger partial charge in [0.05, 0.1) is 18.5 Å². The number of likely N-dealkylation sites (N-methyl/N-ethyl adjacent to an activating group) is 1. The molecule has 3 aromatic rings. The topological polar surface area (TPSA) is 145 Å². The molecule has 0 radical (unpaired) electrons. The Morgan fingerprint density at radius 2 is 2.07 bits per heavy atom. The Labute approximate surface area is 171 Å². The number of hydrogen-bond donors (Lipinski definition) is 2. The second-order valence-corrected chi connectivity index (χ2v) is 6.98. The molecular formula is C20H19N5O5. The Bertz CT molecular complexity index is 1140. The zero-order valence-electron chi connectivity index (χ0n) is 16.3. The zero-order chi connectivity index (χ0) is 21.5. The number of pyridine rings is 2. The first kappa shape index (κ1) is 19.5. The van der Waals surface area contributed by atoms with E-state index < -0.39 is 17.4 Å². The Balaban J connectivity index is 1.71. The van der Waals surface area contributed by atoms with Gasteiger partial charge >= 0.3 is 0 Å². The van der Waals surface area contributed by atoms with Crippen molar-refractivity contribution in [3.8, 4) is 28.4 Å². The van der Waals surface area contributed by atoms with Crippen LogP contribution in [0.15, 0.2) is 41.1 Å².